The molecule has 1 fully saturated rings. The Balaban J connectivity index is 2.34. The second-order valence-corrected chi connectivity index (χ2v) is 5.77. The van der Waals surface area contributed by atoms with E-state index in [1.807, 2.05) is 0 Å². The van der Waals surface area contributed by atoms with Crippen molar-refractivity contribution in [3.63, 3.8) is 0 Å². The third kappa shape index (κ3) is 2.69. The van der Waals surface area contributed by atoms with E-state index >= 15 is 0 Å². The second kappa shape index (κ2) is 5.75. The van der Waals surface area contributed by atoms with Gasteiger partial charge in [0.05, 0.1) is 7.11 Å². The van der Waals surface area contributed by atoms with Gasteiger partial charge in [-0.1, -0.05) is 31.0 Å². The van der Waals surface area contributed by atoms with Gasteiger partial charge in [-0.05, 0) is 55.7 Å². The largest absolute Gasteiger partial charge is 0.496 e. The van der Waals surface area contributed by atoms with Gasteiger partial charge in [0.25, 0.3) is 0 Å². The van der Waals surface area contributed by atoms with Gasteiger partial charge in [-0.3, -0.25) is 0 Å². The summed E-state index contributed by atoms with van der Waals surface area (Å²) in [6.45, 7) is 5.28. The van der Waals surface area contributed by atoms with Gasteiger partial charge < -0.3 is 10.5 Å². The van der Waals surface area contributed by atoms with E-state index in [0.29, 0.717) is 11.8 Å². The van der Waals surface area contributed by atoms with Crippen molar-refractivity contribution in [2.24, 2.45) is 17.6 Å². The molecule has 1 aliphatic rings. The van der Waals surface area contributed by atoms with Crippen molar-refractivity contribution in [3.05, 3.63) is 29.3 Å². The molecule has 1 aromatic rings. The van der Waals surface area contributed by atoms with E-state index < -0.39 is 0 Å². The van der Waals surface area contributed by atoms with Crippen LogP contribution in [0.1, 0.15) is 43.2 Å². The molecule has 1 aliphatic carbocycles. The van der Waals surface area contributed by atoms with Crippen LogP contribution >= 0.6 is 0 Å². The minimum Gasteiger partial charge on any atom is -0.496 e. The Morgan fingerprint density at radius 2 is 2.11 bits per heavy atom. The molecule has 0 aromatic heterocycles. The maximum atomic E-state index is 5.97. The Hall–Kier alpha value is -1.02. The fourth-order valence-electron chi connectivity index (χ4n) is 3.25. The maximum absolute atomic E-state index is 5.97. The molecule has 0 radical (unpaired) electrons. The van der Waals surface area contributed by atoms with Crippen LogP contribution in [0.25, 0.3) is 0 Å². The molecule has 0 bridgehead atoms. The van der Waals surface area contributed by atoms with Crippen molar-refractivity contribution in [3.8, 4) is 5.75 Å². The molecule has 0 amide bonds. The van der Waals surface area contributed by atoms with Crippen LogP contribution in [0, 0.1) is 18.8 Å². The molecule has 0 spiro atoms. The Morgan fingerprint density at radius 1 is 1.33 bits per heavy atom. The molecule has 3 atom stereocenters. The number of hydrogen-bond acceptors (Lipinski definition) is 2. The molecule has 3 unspecified atom stereocenters. The van der Waals surface area contributed by atoms with Crippen LogP contribution in [0.4, 0.5) is 0 Å². The maximum Gasteiger partial charge on any atom is 0.122 e. The summed E-state index contributed by atoms with van der Waals surface area (Å²) in [6.07, 6.45) is 3.80. The summed E-state index contributed by atoms with van der Waals surface area (Å²) in [5, 5.41) is 0. The third-order valence-electron chi connectivity index (χ3n) is 4.34. The Labute approximate surface area is 111 Å². The van der Waals surface area contributed by atoms with E-state index in [1.54, 1.807) is 7.11 Å². The Kier molecular flexibility index (Phi) is 4.28. The predicted molar refractivity (Wildman–Crippen MR) is 76.0 cm³/mol. The summed E-state index contributed by atoms with van der Waals surface area (Å²) in [4.78, 5) is 0. The molecule has 2 nitrogen and oxygen atoms in total. The standard InChI is InChI=1S/C16H25NO/c1-11-4-6-13(10-17)14(8-11)15-9-12(2)5-7-16(15)18-3/h5,7,9,11,13-14H,4,6,8,10,17H2,1-3H3. The number of methoxy groups -OCH3 is 1. The summed E-state index contributed by atoms with van der Waals surface area (Å²) < 4.78 is 5.54. The van der Waals surface area contributed by atoms with E-state index in [-0.39, 0.29) is 0 Å². The van der Waals surface area contributed by atoms with Gasteiger partial charge in [-0.25, -0.2) is 0 Å². The smallest absolute Gasteiger partial charge is 0.122 e. The van der Waals surface area contributed by atoms with Crippen LogP contribution in [0.15, 0.2) is 18.2 Å². The molecule has 0 saturated heterocycles. The lowest BCUT2D eigenvalue weighted by atomic mass is 9.71. The topological polar surface area (TPSA) is 35.2 Å². The van der Waals surface area contributed by atoms with E-state index in [9.17, 15) is 0 Å². The van der Waals surface area contributed by atoms with E-state index in [2.05, 4.69) is 32.0 Å². The normalized spacial score (nSPS) is 28.1. The summed E-state index contributed by atoms with van der Waals surface area (Å²) in [6, 6.07) is 6.49. The molecule has 0 aliphatic heterocycles. The zero-order valence-electron chi connectivity index (χ0n) is 11.8. The monoisotopic (exact) mass is 247 g/mol. The van der Waals surface area contributed by atoms with Crippen LogP contribution in [0.3, 0.4) is 0 Å². The van der Waals surface area contributed by atoms with Gasteiger partial charge in [0.1, 0.15) is 5.75 Å². The fraction of sp³-hybridized carbons (Fsp3) is 0.625. The van der Waals surface area contributed by atoms with Gasteiger partial charge in [0.2, 0.25) is 0 Å². The van der Waals surface area contributed by atoms with Crippen LogP contribution in [-0.2, 0) is 0 Å². The van der Waals surface area contributed by atoms with Crippen LogP contribution in [-0.4, -0.2) is 13.7 Å². The van der Waals surface area contributed by atoms with Crippen molar-refractivity contribution in [1.29, 1.82) is 0 Å². The van der Waals surface area contributed by atoms with E-state index in [1.165, 1.54) is 30.4 Å². The molecule has 2 heteroatoms. The van der Waals surface area contributed by atoms with Crippen molar-refractivity contribution >= 4 is 0 Å². The highest BCUT2D eigenvalue weighted by atomic mass is 16.5. The average Bonchev–Trinajstić information content (AvgIpc) is 2.38. The molecule has 2 N–H and O–H groups in total. The highest BCUT2D eigenvalue weighted by molar-refractivity contribution is 5.40. The lowest BCUT2D eigenvalue weighted by molar-refractivity contribution is 0.248. The SMILES string of the molecule is COc1ccc(C)cc1C1CC(C)CCC1CN. The number of hydrogen-bond donors (Lipinski definition) is 1. The highest BCUT2D eigenvalue weighted by Gasteiger charge is 2.30. The van der Waals surface area contributed by atoms with Gasteiger partial charge in [0, 0.05) is 0 Å². The van der Waals surface area contributed by atoms with Crippen LogP contribution in [0.2, 0.25) is 0 Å². The van der Waals surface area contributed by atoms with E-state index in [4.69, 9.17) is 10.5 Å². The van der Waals surface area contributed by atoms with Crippen molar-refractivity contribution < 1.29 is 4.74 Å². The third-order valence-corrected chi connectivity index (χ3v) is 4.34. The lowest BCUT2D eigenvalue weighted by Crippen LogP contribution is -2.28. The molecular weight excluding hydrogens is 222 g/mol. The summed E-state index contributed by atoms with van der Waals surface area (Å²) in [5.41, 5.74) is 8.63. The van der Waals surface area contributed by atoms with Crippen molar-refractivity contribution in [2.45, 2.75) is 39.0 Å². The van der Waals surface area contributed by atoms with Gasteiger partial charge in [-0.2, -0.15) is 0 Å². The number of aryl methyl sites for hydroxylation is 1. The second-order valence-electron chi connectivity index (χ2n) is 5.77. The van der Waals surface area contributed by atoms with Crippen LogP contribution < -0.4 is 10.5 Å². The first-order valence-electron chi connectivity index (χ1n) is 7.00. The first kappa shape index (κ1) is 13.4. The molecular formula is C16H25NO. The number of benzene rings is 1. The average molecular weight is 247 g/mol. The number of rotatable bonds is 3. The van der Waals surface area contributed by atoms with Gasteiger partial charge in [0.15, 0.2) is 0 Å². The number of nitrogens with two attached hydrogens (primary N) is 1. The summed E-state index contributed by atoms with van der Waals surface area (Å²) in [5.74, 6) is 2.99. The zero-order valence-corrected chi connectivity index (χ0v) is 11.8. The molecule has 100 valence electrons. The summed E-state index contributed by atoms with van der Waals surface area (Å²) >= 11 is 0. The Morgan fingerprint density at radius 3 is 2.78 bits per heavy atom. The van der Waals surface area contributed by atoms with Crippen molar-refractivity contribution in [1.82, 2.24) is 0 Å². The molecule has 1 aromatic carbocycles. The highest BCUT2D eigenvalue weighted by Crippen LogP contribution is 2.43. The first-order valence-corrected chi connectivity index (χ1v) is 7.00. The first-order chi connectivity index (χ1) is 8.65. The fourth-order valence-corrected chi connectivity index (χ4v) is 3.25. The Bertz CT molecular complexity index is 402. The molecule has 2 rings (SSSR count). The predicted octanol–water partition coefficient (Wildman–Crippen LogP) is 3.48. The molecule has 0 heterocycles. The van der Waals surface area contributed by atoms with Gasteiger partial charge in [-0.15, -0.1) is 0 Å². The van der Waals surface area contributed by atoms with Gasteiger partial charge >= 0.3 is 0 Å². The quantitative estimate of drug-likeness (QED) is 0.887. The molecule has 18 heavy (non-hydrogen) atoms. The number of ether oxygens (including phenoxy) is 1. The van der Waals surface area contributed by atoms with Crippen LogP contribution in [0.5, 0.6) is 5.75 Å². The van der Waals surface area contributed by atoms with Crippen molar-refractivity contribution in [2.75, 3.05) is 13.7 Å². The summed E-state index contributed by atoms with van der Waals surface area (Å²) in [7, 11) is 1.76. The molecule has 1 saturated carbocycles. The van der Waals surface area contributed by atoms with E-state index in [0.717, 1.165) is 18.2 Å². The minimum absolute atomic E-state index is 0.564. The lowest BCUT2D eigenvalue weighted by Gasteiger charge is -2.35. The minimum atomic E-state index is 0.564. The zero-order chi connectivity index (χ0) is 13.1.